The van der Waals surface area contributed by atoms with Crippen molar-refractivity contribution in [3.8, 4) is 5.75 Å². The lowest BCUT2D eigenvalue weighted by Crippen LogP contribution is -2.48. The topological polar surface area (TPSA) is 44.8 Å². The Morgan fingerprint density at radius 1 is 1.04 bits per heavy atom. The zero-order valence-electron chi connectivity index (χ0n) is 13.7. The first-order valence-electron chi connectivity index (χ1n) is 8.71. The van der Waals surface area contributed by atoms with Gasteiger partial charge in [0.2, 0.25) is 5.91 Å². The van der Waals surface area contributed by atoms with Crippen molar-refractivity contribution in [3.05, 3.63) is 30.3 Å². The molecule has 0 spiro atoms. The standard InChI is InChI=1S/C18H27N3O2/c22-18(19-16-6-7-16)8-9-20-10-12-21(13-11-20)14-15-23-17-4-2-1-3-5-17/h1-5,16H,6-15H2,(H,19,22). The second-order valence-corrected chi connectivity index (χ2v) is 6.44. The predicted octanol–water partition coefficient (Wildman–Crippen LogP) is 1.35. The number of piperazine rings is 1. The molecular weight excluding hydrogens is 290 g/mol. The summed E-state index contributed by atoms with van der Waals surface area (Å²) in [5.41, 5.74) is 0. The smallest absolute Gasteiger partial charge is 0.221 e. The van der Waals surface area contributed by atoms with Crippen LogP contribution in [0.15, 0.2) is 30.3 Å². The minimum Gasteiger partial charge on any atom is -0.492 e. The van der Waals surface area contributed by atoms with Gasteiger partial charge in [0.05, 0.1) is 0 Å². The Bertz CT molecular complexity index is 482. The number of para-hydroxylation sites is 1. The molecule has 23 heavy (non-hydrogen) atoms. The second-order valence-electron chi connectivity index (χ2n) is 6.44. The van der Waals surface area contributed by atoms with Crippen LogP contribution in [-0.2, 0) is 4.79 Å². The van der Waals surface area contributed by atoms with E-state index in [4.69, 9.17) is 4.74 Å². The van der Waals surface area contributed by atoms with Crippen LogP contribution < -0.4 is 10.1 Å². The summed E-state index contributed by atoms with van der Waals surface area (Å²) in [6, 6.07) is 10.4. The van der Waals surface area contributed by atoms with E-state index in [2.05, 4.69) is 15.1 Å². The van der Waals surface area contributed by atoms with Crippen LogP contribution in [0.3, 0.4) is 0 Å². The number of amides is 1. The van der Waals surface area contributed by atoms with Gasteiger partial charge >= 0.3 is 0 Å². The molecular formula is C18H27N3O2. The minimum atomic E-state index is 0.214. The zero-order valence-corrected chi connectivity index (χ0v) is 13.7. The Hall–Kier alpha value is -1.59. The lowest BCUT2D eigenvalue weighted by atomic mass is 10.3. The van der Waals surface area contributed by atoms with Crippen LogP contribution in [0.2, 0.25) is 0 Å². The molecule has 0 atom stereocenters. The molecule has 1 aliphatic heterocycles. The van der Waals surface area contributed by atoms with E-state index in [0.29, 0.717) is 12.5 Å². The van der Waals surface area contributed by atoms with Crippen molar-refractivity contribution < 1.29 is 9.53 Å². The lowest BCUT2D eigenvalue weighted by molar-refractivity contribution is -0.121. The molecule has 1 saturated carbocycles. The third kappa shape index (κ3) is 5.84. The highest BCUT2D eigenvalue weighted by Gasteiger charge is 2.23. The summed E-state index contributed by atoms with van der Waals surface area (Å²) in [5.74, 6) is 1.15. The van der Waals surface area contributed by atoms with Gasteiger partial charge in [-0.15, -0.1) is 0 Å². The highest BCUT2D eigenvalue weighted by atomic mass is 16.5. The Labute approximate surface area is 138 Å². The average molecular weight is 317 g/mol. The van der Waals surface area contributed by atoms with E-state index in [9.17, 15) is 4.79 Å². The van der Waals surface area contributed by atoms with Gasteiger partial charge in [-0.2, -0.15) is 0 Å². The fourth-order valence-corrected chi connectivity index (χ4v) is 2.83. The number of nitrogens with one attached hydrogen (secondary N) is 1. The van der Waals surface area contributed by atoms with Crippen LogP contribution in [0, 0.1) is 0 Å². The summed E-state index contributed by atoms with van der Waals surface area (Å²) in [6.07, 6.45) is 2.96. The first kappa shape index (κ1) is 16.3. The number of hydrogen-bond donors (Lipinski definition) is 1. The summed E-state index contributed by atoms with van der Waals surface area (Å²) < 4.78 is 5.75. The molecule has 1 aromatic carbocycles. The molecule has 1 aromatic rings. The molecule has 5 nitrogen and oxygen atoms in total. The number of carbonyl (C=O) groups excluding carboxylic acids is 1. The Balaban J connectivity index is 1.25. The predicted molar refractivity (Wildman–Crippen MR) is 90.6 cm³/mol. The molecule has 1 saturated heterocycles. The third-order valence-electron chi connectivity index (χ3n) is 4.48. The van der Waals surface area contributed by atoms with E-state index >= 15 is 0 Å². The minimum absolute atomic E-state index is 0.214. The largest absolute Gasteiger partial charge is 0.492 e. The van der Waals surface area contributed by atoms with Gasteiger partial charge < -0.3 is 15.0 Å². The van der Waals surface area contributed by atoms with Crippen molar-refractivity contribution in [2.24, 2.45) is 0 Å². The molecule has 126 valence electrons. The van der Waals surface area contributed by atoms with Crippen LogP contribution in [-0.4, -0.2) is 67.6 Å². The van der Waals surface area contributed by atoms with Crippen LogP contribution in [0.5, 0.6) is 5.75 Å². The maximum Gasteiger partial charge on any atom is 0.221 e. The van der Waals surface area contributed by atoms with E-state index in [-0.39, 0.29) is 5.91 Å². The Morgan fingerprint density at radius 3 is 2.35 bits per heavy atom. The van der Waals surface area contributed by atoms with E-state index in [1.807, 2.05) is 30.3 Å². The van der Waals surface area contributed by atoms with Crippen molar-refractivity contribution in [2.45, 2.75) is 25.3 Å². The Morgan fingerprint density at radius 2 is 1.70 bits per heavy atom. The Kier molecular flexibility index (Phi) is 5.88. The van der Waals surface area contributed by atoms with Crippen molar-refractivity contribution in [1.82, 2.24) is 15.1 Å². The second kappa shape index (κ2) is 8.31. The quantitative estimate of drug-likeness (QED) is 0.786. The molecule has 3 rings (SSSR count). The van der Waals surface area contributed by atoms with Crippen molar-refractivity contribution in [1.29, 1.82) is 0 Å². The summed E-state index contributed by atoms with van der Waals surface area (Å²) in [6.45, 7) is 6.78. The van der Waals surface area contributed by atoms with Gasteiger partial charge in [-0.1, -0.05) is 18.2 Å². The van der Waals surface area contributed by atoms with Crippen LogP contribution >= 0.6 is 0 Å². The number of rotatable bonds is 8. The third-order valence-corrected chi connectivity index (χ3v) is 4.48. The fourth-order valence-electron chi connectivity index (χ4n) is 2.83. The average Bonchev–Trinajstić information content (AvgIpc) is 3.39. The molecule has 1 heterocycles. The van der Waals surface area contributed by atoms with Crippen molar-refractivity contribution in [2.75, 3.05) is 45.9 Å². The summed E-state index contributed by atoms with van der Waals surface area (Å²) >= 11 is 0. The van der Waals surface area contributed by atoms with E-state index in [0.717, 1.165) is 64.5 Å². The number of hydrogen-bond acceptors (Lipinski definition) is 4. The highest BCUT2D eigenvalue weighted by Crippen LogP contribution is 2.18. The molecule has 5 heteroatoms. The molecule has 1 N–H and O–H groups in total. The van der Waals surface area contributed by atoms with Gasteiger partial charge in [0.25, 0.3) is 0 Å². The van der Waals surface area contributed by atoms with Crippen LogP contribution in [0.4, 0.5) is 0 Å². The molecule has 0 radical (unpaired) electrons. The van der Waals surface area contributed by atoms with Crippen LogP contribution in [0.25, 0.3) is 0 Å². The summed E-state index contributed by atoms with van der Waals surface area (Å²) in [5, 5.41) is 3.05. The number of ether oxygens (including phenoxy) is 1. The van der Waals surface area contributed by atoms with Gasteiger partial charge in [-0.3, -0.25) is 9.69 Å². The van der Waals surface area contributed by atoms with Crippen molar-refractivity contribution >= 4 is 5.91 Å². The zero-order chi connectivity index (χ0) is 15.9. The van der Waals surface area contributed by atoms with Crippen molar-refractivity contribution in [3.63, 3.8) is 0 Å². The molecule has 0 unspecified atom stereocenters. The van der Waals surface area contributed by atoms with E-state index < -0.39 is 0 Å². The maximum atomic E-state index is 11.7. The van der Waals surface area contributed by atoms with Gasteiger partial charge in [-0.05, 0) is 25.0 Å². The highest BCUT2D eigenvalue weighted by molar-refractivity contribution is 5.76. The molecule has 2 fully saturated rings. The van der Waals surface area contributed by atoms with Gasteiger partial charge in [0, 0.05) is 51.7 Å². The fraction of sp³-hybridized carbons (Fsp3) is 0.611. The molecule has 0 aromatic heterocycles. The molecule has 0 bridgehead atoms. The number of nitrogens with zero attached hydrogens (tertiary/aromatic N) is 2. The van der Waals surface area contributed by atoms with E-state index in [1.54, 1.807) is 0 Å². The lowest BCUT2D eigenvalue weighted by Gasteiger charge is -2.34. The van der Waals surface area contributed by atoms with Gasteiger partial charge in [-0.25, -0.2) is 0 Å². The first-order valence-corrected chi connectivity index (χ1v) is 8.71. The van der Waals surface area contributed by atoms with Crippen LogP contribution in [0.1, 0.15) is 19.3 Å². The molecule has 2 aliphatic rings. The van der Waals surface area contributed by atoms with Gasteiger partial charge in [0.1, 0.15) is 12.4 Å². The first-order chi connectivity index (χ1) is 11.3. The SMILES string of the molecule is O=C(CCN1CCN(CCOc2ccccc2)CC1)NC1CC1. The van der Waals surface area contributed by atoms with E-state index in [1.165, 1.54) is 0 Å². The normalized spacial score (nSPS) is 19.5. The van der Waals surface area contributed by atoms with Gasteiger partial charge in [0.15, 0.2) is 0 Å². The summed E-state index contributed by atoms with van der Waals surface area (Å²) in [4.78, 5) is 16.5. The maximum absolute atomic E-state index is 11.7. The number of benzene rings is 1. The monoisotopic (exact) mass is 317 g/mol. The summed E-state index contributed by atoms with van der Waals surface area (Å²) in [7, 11) is 0. The molecule has 1 aliphatic carbocycles. The number of carbonyl (C=O) groups is 1. The molecule has 1 amide bonds.